The van der Waals surface area contributed by atoms with Crippen LogP contribution < -0.4 is 5.32 Å². The van der Waals surface area contributed by atoms with Crippen LogP contribution in [0.15, 0.2) is 41.1 Å². The Kier molecular flexibility index (Phi) is 5.17. The normalized spacial score (nSPS) is 12.8. The zero-order valence-electron chi connectivity index (χ0n) is 12.0. The van der Waals surface area contributed by atoms with Gasteiger partial charge in [0, 0.05) is 6.04 Å². The van der Waals surface area contributed by atoms with Gasteiger partial charge in [-0.15, -0.1) is 0 Å². The molecule has 0 radical (unpaired) electrons. The highest BCUT2D eigenvalue weighted by Crippen LogP contribution is 2.22. The van der Waals surface area contributed by atoms with Gasteiger partial charge in [0.2, 0.25) is 0 Å². The molecule has 0 saturated heterocycles. The van der Waals surface area contributed by atoms with Crippen LogP contribution in [0.1, 0.15) is 49.4 Å². The van der Waals surface area contributed by atoms with Gasteiger partial charge in [-0.1, -0.05) is 45.0 Å². The van der Waals surface area contributed by atoms with Crippen LogP contribution in [0.3, 0.4) is 0 Å². The number of thiophene rings is 1. The molecule has 2 aromatic rings. The van der Waals surface area contributed by atoms with E-state index in [0.717, 1.165) is 13.0 Å². The van der Waals surface area contributed by atoms with Crippen molar-refractivity contribution in [2.45, 2.75) is 39.2 Å². The molecule has 1 N–H and O–H groups in total. The van der Waals surface area contributed by atoms with E-state index in [4.69, 9.17) is 0 Å². The average molecular weight is 273 g/mol. The number of likely N-dealkylation sites (N-methyl/N-ethyl adjacent to an activating group) is 1. The van der Waals surface area contributed by atoms with E-state index in [0.29, 0.717) is 12.0 Å². The molecule has 1 unspecified atom stereocenters. The van der Waals surface area contributed by atoms with Gasteiger partial charge in [0.05, 0.1) is 0 Å². The van der Waals surface area contributed by atoms with Crippen LogP contribution in [-0.4, -0.2) is 6.54 Å². The zero-order valence-corrected chi connectivity index (χ0v) is 12.8. The Bertz CT molecular complexity index is 470. The third kappa shape index (κ3) is 3.92. The minimum atomic E-state index is 0.432. The number of hydrogen-bond donors (Lipinski definition) is 1. The quantitative estimate of drug-likeness (QED) is 0.799. The third-order valence-corrected chi connectivity index (χ3v) is 4.18. The molecular weight excluding hydrogens is 250 g/mol. The Balaban J connectivity index is 2.09. The van der Waals surface area contributed by atoms with Gasteiger partial charge in [-0.3, -0.25) is 0 Å². The van der Waals surface area contributed by atoms with Crippen LogP contribution in [0.25, 0.3) is 0 Å². The van der Waals surface area contributed by atoms with E-state index < -0.39 is 0 Å². The lowest BCUT2D eigenvalue weighted by atomic mass is 9.97. The monoisotopic (exact) mass is 273 g/mol. The van der Waals surface area contributed by atoms with Crippen molar-refractivity contribution >= 4 is 11.3 Å². The summed E-state index contributed by atoms with van der Waals surface area (Å²) in [5, 5.41) is 7.98. The van der Waals surface area contributed by atoms with Crippen molar-refractivity contribution in [3.8, 4) is 0 Å². The summed E-state index contributed by atoms with van der Waals surface area (Å²) in [6.07, 6.45) is 1.06. The largest absolute Gasteiger partial charge is 0.310 e. The molecule has 0 spiro atoms. The SMILES string of the molecule is CCNC(Cc1ccc(C(C)C)cc1)c1ccsc1. The molecule has 0 fully saturated rings. The summed E-state index contributed by atoms with van der Waals surface area (Å²) in [5.41, 5.74) is 4.22. The first-order valence-electron chi connectivity index (χ1n) is 7.05. The van der Waals surface area contributed by atoms with Gasteiger partial charge in [-0.2, -0.15) is 11.3 Å². The number of rotatable bonds is 6. The highest BCUT2D eigenvalue weighted by atomic mass is 32.1. The predicted molar refractivity (Wildman–Crippen MR) is 85.0 cm³/mol. The maximum Gasteiger partial charge on any atom is 0.0369 e. The van der Waals surface area contributed by atoms with Crippen molar-refractivity contribution in [1.29, 1.82) is 0 Å². The smallest absolute Gasteiger partial charge is 0.0369 e. The van der Waals surface area contributed by atoms with Gasteiger partial charge in [0.15, 0.2) is 0 Å². The second-order valence-corrected chi connectivity index (χ2v) is 6.05. The first kappa shape index (κ1) is 14.3. The van der Waals surface area contributed by atoms with Crippen molar-refractivity contribution in [1.82, 2.24) is 5.32 Å². The molecule has 1 aromatic carbocycles. The molecule has 102 valence electrons. The van der Waals surface area contributed by atoms with Gasteiger partial charge < -0.3 is 5.32 Å². The van der Waals surface area contributed by atoms with E-state index in [9.17, 15) is 0 Å². The van der Waals surface area contributed by atoms with Crippen molar-refractivity contribution in [2.24, 2.45) is 0 Å². The van der Waals surface area contributed by atoms with Crippen molar-refractivity contribution in [3.63, 3.8) is 0 Å². The van der Waals surface area contributed by atoms with E-state index in [1.165, 1.54) is 16.7 Å². The second-order valence-electron chi connectivity index (χ2n) is 5.27. The summed E-state index contributed by atoms with van der Waals surface area (Å²) < 4.78 is 0. The minimum Gasteiger partial charge on any atom is -0.310 e. The van der Waals surface area contributed by atoms with Crippen molar-refractivity contribution < 1.29 is 0 Å². The van der Waals surface area contributed by atoms with Crippen LogP contribution in [0.2, 0.25) is 0 Å². The van der Waals surface area contributed by atoms with Crippen LogP contribution in [0.4, 0.5) is 0 Å². The summed E-state index contributed by atoms with van der Waals surface area (Å²) in [6.45, 7) is 7.65. The molecule has 0 aliphatic rings. The van der Waals surface area contributed by atoms with Crippen molar-refractivity contribution in [2.75, 3.05) is 6.54 Å². The van der Waals surface area contributed by atoms with E-state index in [1.807, 2.05) is 0 Å². The molecule has 2 rings (SSSR count). The van der Waals surface area contributed by atoms with Gasteiger partial charge in [0.25, 0.3) is 0 Å². The highest BCUT2D eigenvalue weighted by molar-refractivity contribution is 7.07. The van der Waals surface area contributed by atoms with Gasteiger partial charge in [-0.05, 0) is 52.4 Å². The van der Waals surface area contributed by atoms with Gasteiger partial charge in [0.1, 0.15) is 0 Å². The second kappa shape index (κ2) is 6.88. The Morgan fingerprint density at radius 2 is 1.79 bits per heavy atom. The molecule has 0 aliphatic carbocycles. The number of hydrogen-bond acceptors (Lipinski definition) is 2. The first-order valence-corrected chi connectivity index (χ1v) is 7.99. The van der Waals surface area contributed by atoms with Gasteiger partial charge in [-0.25, -0.2) is 0 Å². The van der Waals surface area contributed by atoms with E-state index in [2.05, 4.69) is 67.2 Å². The molecule has 1 heterocycles. The molecule has 0 saturated carbocycles. The summed E-state index contributed by atoms with van der Waals surface area (Å²) in [5.74, 6) is 0.607. The lowest BCUT2D eigenvalue weighted by Gasteiger charge is -2.17. The third-order valence-electron chi connectivity index (χ3n) is 3.48. The predicted octanol–water partition coefficient (Wildman–Crippen LogP) is 4.76. The van der Waals surface area contributed by atoms with Crippen molar-refractivity contribution in [3.05, 3.63) is 57.8 Å². The summed E-state index contributed by atoms with van der Waals surface area (Å²) in [7, 11) is 0. The lowest BCUT2D eigenvalue weighted by Crippen LogP contribution is -2.22. The summed E-state index contributed by atoms with van der Waals surface area (Å²) in [6, 6.07) is 11.7. The van der Waals surface area contributed by atoms with E-state index in [1.54, 1.807) is 11.3 Å². The maximum absolute atomic E-state index is 3.58. The van der Waals surface area contributed by atoms with E-state index >= 15 is 0 Å². The molecule has 0 bridgehead atoms. The van der Waals surface area contributed by atoms with Crippen LogP contribution in [0.5, 0.6) is 0 Å². The fraction of sp³-hybridized carbons (Fsp3) is 0.412. The van der Waals surface area contributed by atoms with Crippen LogP contribution in [-0.2, 0) is 6.42 Å². The minimum absolute atomic E-state index is 0.432. The van der Waals surface area contributed by atoms with Crippen LogP contribution >= 0.6 is 11.3 Å². The Morgan fingerprint density at radius 3 is 2.32 bits per heavy atom. The number of benzene rings is 1. The maximum atomic E-state index is 3.58. The molecule has 0 aliphatic heterocycles. The van der Waals surface area contributed by atoms with Gasteiger partial charge >= 0.3 is 0 Å². The first-order chi connectivity index (χ1) is 9.20. The molecule has 2 heteroatoms. The standard InChI is InChI=1S/C17H23NS/c1-4-18-17(16-9-10-19-12-16)11-14-5-7-15(8-6-14)13(2)3/h5-10,12-13,17-18H,4,11H2,1-3H3. The lowest BCUT2D eigenvalue weighted by molar-refractivity contribution is 0.551. The summed E-state index contributed by atoms with van der Waals surface area (Å²) >= 11 is 1.77. The Hall–Kier alpha value is -1.12. The zero-order chi connectivity index (χ0) is 13.7. The molecule has 1 atom stereocenters. The fourth-order valence-electron chi connectivity index (χ4n) is 2.30. The molecule has 1 aromatic heterocycles. The Labute approximate surface area is 120 Å². The highest BCUT2D eigenvalue weighted by Gasteiger charge is 2.11. The molecule has 19 heavy (non-hydrogen) atoms. The van der Waals surface area contributed by atoms with Crippen LogP contribution in [0, 0.1) is 0 Å². The molecular formula is C17H23NS. The fourth-order valence-corrected chi connectivity index (χ4v) is 3.02. The average Bonchev–Trinajstić information content (AvgIpc) is 2.92. The summed E-state index contributed by atoms with van der Waals surface area (Å²) in [4.78, 5) is 0. The number of nitrogens with one attached hydrogen (secondary N) is 1. The van der Waals surface area contributed by atoms with E-state index in [-0.39, 0.29) is 0 Å². The molecule has 1 nitrogen and oxygen atoms in total. The molecule has 0 amide bonds. The topological polar surface area (TPSA) is 12.0 Å². The Morgan fingerprint density at radius 1 is 1.05 bits per heavy atom.